The molecule has 1 amide bonds. The number of aromatic nitrogens is 2. The highest BCUT2D eigenvalue weighted by Crippen LogP contribution is 2.77. The van der Waals surface area contributed by atoms with Crippen LogP contribution in [0.4, 0.5) is 14.5 Å². The highest BCUT2D eigenvalue weighted by Gasteiger charge is 2.66. The number of nitrogens with zero attached hydrogens (tertiary/aromatic N) is 2. The number of ether oxygens (including phenoxy) is 1. The van der Waals surface area contributed by atoms with E-state index >= 15 is 0 Å². The number of pyridine rings is 1. The molecule has 2 aliphatic rings. The SMILES string of the molecule is [B]P(=O)(OC[C@H]1O[C@@H](n2cc3c4c(ccnc42)NC(=O)CC3)[C@](C)(O)[C@@H]1O)OP(=O)(O)C(F)(F)P(=O)(O)O. The molecule has 1 fully saturated rings. The van der Waals surface area contributed by atoms with Gasteiger partial charge in [0.2, 0.25) is 13.5 Å². The van der Waals surface area contributed by atoms with Crippen molar-refractivity contribution in [3.63, 3.8) is 0 Å². The lowest BCUT2D eigenvalue weighted by atomic mass is 9.96. The van der Waals surface area contributed by atoms with E-state index in [2.05, 4.69) is 19.1 Å². The average molecular weight is 601 g/mol. The zero-order valence-corrected chi connectivity index (χ0v) is 21.9. The van der Waals surface area contributed by atoms with E-state index in [1.165, 1.54) is 17.7 Å². The number of aryl methyl sites for hydroxylation is 1. The van der Waals surface area contributed by atoms with Crippen LogP contribution < -0.4 is 5.32 Å². The Labute approximate surface area is 213 Å². The van der Waals surface area contributed by atoms with Crippen molar-refractivity contribution in [1.29, 1.82) is 0 Å². The van der Waals surface area contributed by atoms with Gasteiger partial charge in [-0.25, -0.2) is 9.29 Å². The molecule has 0 aliphatic carbocycles. The van der Waals surface area contributed by atoms with Crippen LogP contribution in [0.1, 0.15) is 25.1 Å². The van der Waals surface area contributed by atoms with Crippen molar-refractivity contribution in [2.75, 3.05) is 11.9 Å². The van der Waals surface area contributed by atoms with Crippen LogP contribution in [-0.2, 0) is 38.5 Å². The van der Waals surface area contributed by atoms with Crippen molar-refractivity contribution in [1.82, 2.24) is 9.55 Å². The summed E-state index contributed by atoms with van der Waals surface area (Å²) in [4.78, 5) is 42.8. The van der Waals surface area contributed by atoms with Gasteiger partial charge >= 0.3 is 20.6 Å². The van der Waals surface area contributed by atoms with E-state index in [-0.39, 0.29) is 18.0 Å². The van der Waals surface area contributed by atoms with Gasteiger partial charge in [-0.2, -0.15) is 8.78 Å². The molecule has 2 aromatic heterocycles. The summed E-state index contributed by atoms with van der Waals surface area (Å²) in [5.74, 6) is -0.212. The third-order valence-corrected chi connectivity index (χ3v) is 11.3. The second-order valence-corrected chi connectivity index (χ2v) is 14.5. The molecule has 2 aliphatic heterocycles. The summed E-state index contributed by atoms with van der Waals surface area (Å²) in [7, 11) is -13.5. The quantitative estimate of drug-likeness (QED) is 0.185. The fourth-order valence-electron chi connectivity index (χ4n) is 4.14. The number of halogens is 2. The van der Waals surface area contributed by atoms with E-state index in [1.54, 1.807) is 12.3 Å². The largest absolute Gasteiger partial charge is 0.444 e. The van der Waals surface area contributed by atoms with E-state index in [0.29, 0.717) is 23.1 Å². The number of carbonyl (C=O) groups is 1. The third-order valence-electron chi connectivity index (χ3n) is 6.03. The molecule has 4 rings (SSSR count). The first-order valence-electron chi connectivity index (χ1n) is 10.6. The summed E-state index contributed by atoms with van der Waals surface area (Å²) in [6.07, 6.45) is -1.27. The molecule has 0 bridgehead atoms. The van der Waals surface area contributed by atoms with Crippen LogP contribution in [0.25, 0.3) is 11.0 Å². The first kappa shape index (κ1) is 29.4. The number of hydrogen-bond donors (Lipinski definition) is 6. The molecule has 2 unspecified atom stereocenters. The van der Waals surface area contributed by atoms with Gasteiger partial charge < -0.3 is 44.0 Å². The summed E-state index contributed by atoms with van der Waals surface area (Å²) in [6, 6.07) is 1.58. The summed E-state index contributed by atoms with van der Waals surface area (Å²) in [6.45, 7) is 0.149. The Balaban J connectivity index is 1.56. The number of carbonyl (C=O) groups excluding carboxylic acids is 1. The maximum atomic E-state index is 13.7. The predicted octanol–water partition coefficient (Wildman–Crippen LogP) is 1.15. The van der Waals surface area contributed by atoms with E-state index in [4.69, 9.17) is 22.1 Å². The van der Waals surface area contributed by atoms with Crippen LogP contribution >= 0.6 is 22.7 Å². The molecule has 0 spiro atoms. The predicted molar refractivity (Wildman–Crippen MR) is 124 cm³/mol. The van der Waals surface area contributed by atoms with Gasteiger partial charge in [0, 0.05) is 24.2 Å². The number of nitrogens with one attached hydrogen (secondary N) is 1. The third kappa shape index (κ3) is 5.04. The summed E-state index contributed by atoms with van der Waals surface area (Å²) in [5.41, 5.74) is -0.653. The molecule has 208 valence electrons. The van der Waals surface area contributed by atoms with Crippen molar-refractivity contribution in [3.8, 4) is 0 Å². The Kier molecular flexibility index (Phi) is 7.38. The van der Waals surface area contributed by atoms with Crippen LogP contribution in [-0.4, -0.2) is 77.7 Å². The molecule has 2 aromatic rings. The van der Waals surface area contributed by atoms with E-state index in [9.17, 15) is 42.4 Å². The monoisotopic (exact) mass is 601 g/mol. The normalized spacial score (nSPS) is 29.5. The number of amides is 1. The van der Waals surface area contributed by atoms with Crippen LogP contribution in [0.15, 0.2) is 18.5 Å². The van der Waals surface area contributed by atoms with Gasteiger partial charge in [-0.1, -0.05) is 0 Å². The maximum absolute atomic E-state index is 13.7. The molecule has 4 heterocycles. The highest BCUT2D eigenvalue weighted by molar-refractivity contribution is 7.86. The lowest BCUT2D eigenvalue weighted by Gasteiger charge is -2.28. The zero-order valence-electron chi connectivity index (χ0n) is 19.2. The Morgan fingerprint density at radius 3 is 2.61 bits per heavy atom. The van der Waals surface area contributed by atoms with Gasteiger partial charge in [0.1, 0.15) is 23.5 Å². The summed E-state index contributed by atoms with van der Waals surface area (Å²) < 4.78 is 77.6. The van der Waals surface area contributed by atoms with Crippen LogP contribution in [0, 0.1) is 0 Å². The minimum Gasteiger partial charge on any atom is -0.387 e. The Morgan fingerprint density at radius 1 is 1.32 bits per heavy atom. The van der Waals surface area contributed by atoms with Gasteiger partial charge in [0.05, 0.1) is 12.3 Å². The van der Waals surface area contributed by atoms with Gasteiger partial charge in [-0.05, 0) is 25.0 Å². The molecule has 6 atom stereocenters. The van der Waals surface area contributed by atoms with Crippen molar-refractivity contribution in [2.45, 2.75) is 49.2 Å². The maximum Gasteiger partial charge on any atom is 0.444 e. The van der Waals surface area contributed by atoms with Crippen molar-refractivity contribution >= 4 is 52.9 Å². The standard InChI is InChI=1S/C17H21BF2N3O12P3/c1-16(26)13(25)10(7-33-38(18,32)35-37(30,31)17(19,20)36(27,28)29)34-15(16)23-6-8-2-3-11(24)22-9-4-5-21-14(23)12(8)9/h4-6,10,13,15,25-26H,2-3,7H2,1H3,(H,22,24)(H,30,31)(H2,27,28,29)/t10-,13-,15-,16-,38?/m1/s1. The van der Waals surface area contributed by atoms with E-state index < -0.39 is 58.7 Å². The number of alkyl halides is 2. The molecule has 38 heavy (non-hydrogen) atoms. The van der Waals surface area contributed by atoms with Crippen molar-refractivity contribution < 1.29 is 65.7 Å². The zero-order chi connectivity index (χ0) is 28.5. The lowest BCUT2D eigenvalue weighted by Crippen LogP contribution is -2.44. The summed E-state index contributed by atoms with van der Waals surface area (Å²) >= 11 is 0. The molecule has 0 aromatic carbocycles. The van der Waals surface area contributed by atoms with Gasteiger partial charge in [0.25, 0.3) is 7.47 Å². The summed E-state index contributed by atoms with van der Waals surface area (Å²) in [5, 5.41) is 19.3. The Bertz CT molecular complexity index is 1430. The first-order chi connectivity index (χ1) is 17.3. The minimum absolute atomic E-state index is 0.163. The smallest absolute Gasteiger partial charge is 0.387 e. The van der Waals surface area contributed by atoms with Crippen LogP contribution in [0.5, 0.6) is 0 Å². The fourth-order valence-corrected chi connectivity index (χ4v) is 7.95. The molecule has 1 saturated heterocycles. The van der Waals surface area contributed by atoms with Crippen molar-refractivity contribution in [3.05, 3.63) is 24.0 Å². The molecule has 0 saturated carbocycles. The number of anilines is 1. The van der Waals surface area contributed by atoms with Crippen molar-refractivity contribution in [2.24, 2.45) is 0 Å². The van der Waals surface area contributed by atoms with Gasteiger partial charge in [0.15, 0.2) is 6.23 Å². The van der Waals surface area contributed by atoms with Crippen LogP contribution in [0.2, 0.25) is 0 Å². The molecule has 21 heteroatoms. The molecule has 2 radical (unpaired) electrons. The molecule has 6 N–H and O–H groups in total. The Hall–Kier alpha value is -1.55. The topological polar surface area (TPSA) is 227 Å². The molecular formula is C17H21BF2N3O12P3. The number of hydrogen-bond acceptors (Lipinski definition) is 10. The number of aliphatic hydroxyl groups is 2. The first-order valence-corrected chi connectivity index (χ1v) is 15.4. The number of rotatable bonds is 8. The van der Waals surface area contributed by atoms with E-state index in [0.717, 1.165) is 0 Å². The van der Waals surface area contributed by atoms with Gasteiger partial charge in [-0.3, -0.25) is 18.5 Å². The second kappa shape index (κ2) is 9.53. The fraction of sp³-hybridized carbons (Fsp3) is 0.529. The van der Waals surface area contributed by atoms with E-state index in [1.807, 2.05) is 0 Å². The second-order valence-electron chi connectivity index (χ2n) is 8.86. The lowest BCUT2D eigenvalue weighted by molar-refractivity contribution is -0.116. The highest BCUT2D eigenvalue weighted by atomic mass is 31.3. The van der Waals surface area contributed by atoms with Crippen LogP contribution in [0.3, 0.4) is 0 Å². The minimum atomic E-state index is -6.64. The number of aliphatic hydroxyl groups excluding tert-OH is 1. The Morgan fingerprint density at radius 2 is 1.97 bits per heavy atom. The molecule has 15 nitrogen and oxygen atoms in total. The van der Waals surface area contributed by atoms with Gasteiger partial charge in [-0.15, -0.1) is 0 Å². The molecular weight excluding hydrogens is 580 g/mol. The average Bonchev–Trinajstić information content (AvgIpc) is 3.17.